The zero-order valence-corrected chi connectivity index (χ0v) is 17.4. The number of rotatable bonds is 4. The Morgan fingerprint density at radius 3 is 2.28 bits per heavy atom. The fourth-order valence-electron chi connectivity index (χ4n) is 2.79. The molecule has 0 unspecified atom stereocenters. The summed E-state index contributed by atoms with van der Waals surface area (Å²) in [5, 5.41) is 10.2. The zero-order chi connectivity index (χ0) is 21.2. The Balaban J connectivity index is 1.81. The van der Waals surface area contributed by atoms with Crippen LogP contribution in [0, 0.1) is 6.92 Å². The first-order valence-corrected chi connectivity index (χ1v) is 9.48. The molecule has 3 aromatic rings. The Kier molecular flexibility index (Phi) is 5.75. The molecule has 0 fully saturated rings. The molecule has 3 rings (SSSR count). The van der Waals surface area contributed by atoms with Gasteiger partial charge in [0.1, 0.15) is 17.0 Å². The van der Waals surface area contributed by atoms with E-state index in [9.17, 15) is 9.59 Å². The van der Waals surface area contributed by atoms with Gasteiger partial charge >= 0.3 is 0 Å². The maximum Gasteiger partial charge on any atom is 0.261 e. The second-order valence-corrected chi connectivity index (χ2v) is 8.09. The number of aryl methyl sites for hydroxylation is 1. The molecular formula is C22H22ClN3O3. The molecule has 0 radical (unpaired) electrons. The van der Waals surface area contributed by atoms with Gasteiger partial charge in [-0.1, -0.05) is 35.0 Å². The van der Waals surface area contributed by atoms with Crippen LogP contribution in [-0.4, -0.2) is 22.5 Å². The van der Waals surface area contributed by atoms with Gasteiger partial charge in [0.25, 0.3) is 11.8 Å². The third-order valence-electron chi connectivity index (χ3n) is 4.11. The number of halogens is 1. The van der Waals surface area contributed by atoms with Crippen molar-refractivity contribution in [3.63, 3.8) is 0 Å². The normalized spacial score (nSPS) is 11.2. The molecule has 1 aromatic heterocycles. The number of carbonyl (C=O) groups is 2. The molecule has 0 bridgehead atoms. The lowest BCUT2D eigenvalue weighted by molar-refractivity contribution is 0.0919. The van der Waals surface area contributed by atoms with Gasteiger partial charge in [0.15, 0.2) is 0 Å². The van der Waals surface area contributed by atoms with Crippen LogP contribution in [0.15, 0.2) is 53.1 Å². The summed E-state index contributed by atoms with van der Waals surface area (Å²) in [5.41, 5.74) is 2.04. The third-order valence-corrected chi connectivity index (χ3v) is 4.44. The number of nitrogens with one attached hydrogen (secondary N) is 2. The van der Waals surface area contributed by atoms with Crippen molar-refractivity contribution in [1.82, 2.24) is 10.5 Å². The highest BCUT2D eigenvalue weighted by Gasteiger charge is 2.23. The monoisotopic (exact) mass is 411 g/mol. The molecule has 29 heavy (non-hydrogen) atoms. The summed E-state index contributed by atoms with van der Waals surface area (Å²) in [4.78, 5) is 25.1. The van der Waals surface area contributed by atoms with E-state index in [1.807, 2.05) is 26.8 Å². The fraction of sp³-hybridized carbons (Fsp3) is 0.227. The van der Waals surface area contributed by atoms with E-state index >= 15 is 0 Å². The minimum Gasteiger partial charge on any atom is -0.360 e. The molecule has 6 nitrogen and oxygen atoms in total. The SMILES string of the molecule is Cc1onc(-c2ccccc2Cl)c1C(=O)Nc1ccc(C(=O)NC(C)(C)C)cc1. The van der Waals surface area contributed by atoms with Gasteiger partial charge in [-0.2, -0.15) is 0 Å². The Morgan fingerprint density at radius 2 is 1.66 bits per heavy atom. The first-order chi connectivity index (χ1) is 13.7. The first kappa shape index (κ1) is 20.6. The van der Waals surface area contributed by atoms with Crippen molar-refractivity contribution in [2.75, 3.05) is 5.32 Å². The molecule has 0 aliphatic heterocycles. The Labute approximate surface area is 174 Å². The molecule has 2 aromatic carbocycles. The van der Waals surface area contributed by atoms with Gasteiger partial charge in [-0.05, 0) is 58.0 Å². The summed E-state index contributed by atoms with van der Waals surface area (Å²) >= 11 is 6.25. The lowest BCUT2D eigenvalue weighted by atomic mass is 10.1. The van der Waals surface area contributed by atoms with Crippen LogP contribution in [0.2, 0.25) is 5.02 Å². The van der Waals surface area contributed by atoms with Gasteiger partial charge in [0.2, 0.25) is 0 Å². The van der Waals surface area contributed by atoms with Crippen molar-refractivity contribution >= 4 is 29.1 Å². The summed E-state index contributed by atoms with van der Waals surface area (Å²) in [6.07, 6.45) is 0. The molecule has 1 heterocycles. The van der Waals surface area contributed by atoms with E-state index in [0.717, 1.165) is 0 Å². The van der Waals surface area contributed by atoms with Gasteiger partial charge in [-0.3, -0.25) is 9.59 Å². The quantitative estimate of drug-likeness (QED) is 0.626. The van der Waals surface area contributed by atoms with E-state index in [1.165, 1.54) is 0 Å². The van der Waals surface area contributed by atoms with Crippen molar-refractivity contribution in [2.24, 2.45) is 0 Å². The molecule has 0 saturated carbocycles. The number of aromatic nitrogens is 1. The largest absolute Gasteiger partial charge is 0.360 e. The number of benzene rings is 2. The van der Waals surface area contributed by atoms with E-state index < -0.39 is 0 Å². The lowest BCUT2D eigenvalue weighted by Gasteiger charge is -2.20. The predicted octanol–water partition coefficient (Wildman–Crippen LogP) is 5.08. The molecule has 0 spiro atoms. The molecule has 150 valence electrons. The maximum atomic E-state index is 12.9. The highest BCUT2D eigenvalue weighted by molar-refractivity contribution is 6.33. The molecule has 0 aliphatic rings. The van der Waals surface area contributed by atoms with Crippen LogP contribution in [0.5, 0.6) is 0 Å². The van der Waals surface area contributed by atoms with Crippen molar-refractivity contribution in [2.45, 2.75) is 33.2 Å². The number of carbonyl (C=O) groups excluding carboxylic acids is 2. The Hall–Kier alpha value is -3.12. The number of nitrogens with zero attached hydrogens (tertiary/aromatic N) is 1. The summed E-state index contributed by atoms with van der Waals surface area (Å²) in [5.74, 6) is -0.157. The van der Waals surface area contributed by atoms with Gasteiger partial charge in [-0.25, -0.2) is 0 Å². The number of hydrogen-bond acceptors (Lipinski definition) is 4. The van der Waals surface area contributed by atoms with Gasteiger partial charge in [0, 0.05) is 22.4 Å². The minimum atomic E-state index is -0.370. The van der Waals surface area contributed by atoms with E-state index in [-0.39, 0.29) is 17.4 Å². The highest BCUT2D eigenvalue weighted by Crippen LogP contribution is 2.31. The fourth-order valence-corrected chi connectivity index (χ4v) is 3.01. The minimum absolute atomic E-state index is 0.175. The van der Waals surface area contributed by atoms with Crippen molar-refractivity contribution in [3.8, 4) is 11.3 Å². The number of anilines is 1. The molecule has 0 saturated heterocycles. The third kappa shape index (κ3) is 4.84. The molecule has 2 amide bonds. The number of hydrogen-bond donors (Lipinski definition) is 2. The van der Waals surface area contributed by atoms with Crippen LogP contribution >= 0.6 is 11.6 Å². The van der Waals surface area contributed by atoms with Crippen molar-refractivity contribution < 1.29 is 14.1 Å². The van der Waals surface area contributed by atoms with E-state index in [2.05, 4.69) is 15.8 Å². The summed E-state index contributed by atoms with van der Waals surface area (Å²) < 4.78 is 5.24. The van der Waals surface area contributed by atoms with Crippen LogP contribution in [-0.2, 0) is 0 Å². The predicted molar refractivity (Wildman–Crippen MR) is 113 cm³/mol. The van der Waals surface area contributed by atoms with Gasteiger partial charge in [0.05, 0.1) is 5.02 Å². The molecule has 2 N–H and O–H groups in total. The van der Waals surface area contributed by atoms with Crippen LogP contribution in [0.25, 0.3) is 11.3 Å². The smallest absolute Gasteiger partial charge is 0.261 e. The van der Waals surface area contributed by atoms with Crippen LogP contribution in [0.4, 0.5) is 5.69 Å². The second kappa shape index (κ2) is 8.09. The van der Waals surface area contributed by atoms with Crippen LogP contribution < -0.4 is 10.6 Å². The van der Waals surface area contributed by atoms with Gasteiger partial charge in [-0.15, -0.1) is 0 Å². The topological polar surface area (TPSA) is 84.2 Å². The Bertz CT molecular complexity index is 1050. The van der Waals surface area contributed by atoms with Crippen LogP contribution in [0.1, 0.15) is 47.2 Å². The maximum absolute atomic E-state index is 12.9. The van der Waals surface area contributed by atoms with E-state index in [1.54, 1.807) is 49.4 Å². The summed E-state index contributed by atoms with van der Waals surface area (Å²) in [6.45, 7) is 7.41. The number of amides is 2. The van der Waals surface area contributed by atoms with E-state index in [4.69, 9.17) is 16.1 Å². The zero-order valence-electron chi connectivity index (χ0n) is 16.7. The highest BCUT2D eigenvalue weighted by atomic mass is 35.5. The van der Waals surface area contributed by atoms with Crippen LogP contribution in [0.3, 0.4) is 0 Å². The molecular weight excluding hydrogens is 390 g/mol. The van der Waals surface area contributed by atoms with Crippen molar-refractivity contribution in [1.29, 1.82) is 0 Å². The first-order valence-electron chi connectivity index (χ1n) is 9.11. The van der Waals surface area contributed by atoms with E-state index in [0.29, 0.717) is 38.9 Å². The summed E-state index contributed by atoms with van der Waals surface area (Å²) in [7, 11) is 0. The average molecular weight is 412 g/mol. The average Bonchev–Trinajstić information content (AvgIpc) is 3.02. The molecule has 0 aliphatic carbocycles. The Morgan fingerprint density at radius 1 is 1.00 bits per heavy atom. The summed E-state index contributed by atoms with van der Waals surface area (Å²) in [6, 6.07) is 13.8. The second-order valence-electron chi connectivity index (χ2n) is 7.68. The molecule has 0 atom stereocenters. The van der Waals surface area contributed by atoms with Gasteiger partial charge < -0.3 is 15.2 Å². The molecule has 7 heteroatoms. The standard InChI is InChI=1S/C22H22ClN3O3/c1-13-18(19(26-29-13)16-7-5-6-8-17(16)23)21(28)24-15-11-9-14(10-12-15)20(27)25-22(2,3)4/h5-12H,1-4H3,(H,24,28)(H,25,27). The lowest BCUT2D eigenvalue weighted by Crippen LogP contribution is -2.40. The van der Waals surface area contributed by atoms with Crippen molar-refractivity contribution in [3.05, 3.63) is 70.4 Å².